The summed E-state index contributed by atoms with van der Waals surface area (Å²) in [6, 6.07) is 13.1. The predicted molar refractivity (Wildman–Crippen MR) is 119 cm³/mol. The predicted octanol–water partition coefficient (Wildman–Crippen LogP) is 3.69. The van der Waals surface area contributed by atoms with Crippen molar-refractivity contribution in [3.05, 3.63) is 75.3 Å². The van der Waals surface area contributed by atoms with Crippen molar-refractivity contribution in [2.24, 2.45) is 0 Å². The van der Waals surface area contributed by atoms with E-state index in [2.05, 4.69) is 20.4 Å². The lowest BCUT2D eigenvalue weighted by molar-refractivity contribution is 0.102. The third-order valence-corrected chi connectivity index (χ3v) is 5.07. The van der Waals surface area contributed by atoms with Crippen LogP contribution in [0, 0.1) is 20.8 Å². The van der Waals surface area contributed by atoms with Crippen LogP contribution in [0.1, 0.15) is 34.2 Å². The molecular formula is C23H23N5O3. The monoisotopic (exact) mass is 417 g/mol. The summed E-state index contributed by atoms with van der Waals surface area (Å²) in [4.78, 5) is 32.7. The Labute approximate surface area is 178 Å². The first-order chi connectivity index (χ1) is 14.9. The molecule has 0 bridgehead atoms. The average Bonchev–Trinajstić information content (AvgIpc) is 3.11. The molecule has 31 heavy (non-hydrogen) atoms. The fourth-order valence-electron chi connectivity index (χ4n) is 3.42. The zero-order valence-corrected chi connectivity index (χ0v) is 17.8. The average molecular weight is 417 g/mol. The minimum atomic E-state index is -0.340. The summed E-state index contributed by atoms with van der Waals surface area (Å²) in [6.45, 7) is 7.57. The number of nitrogens with one attached hydrogen (secondary N) is 2. The molecule has 1 amide bonds. The molecule has 2 aromatic carbocycles. The molecule has 0 fully saturated rings. The summed E-state index contributed by atoms with van der Waals surface area (Å²) in [5, 5.41) is 9.02. The van der Waals surface area contributed by atoms with E-state index in [1.54, 1.807) is 32.9 Å². The maximum absolute atomic E-state index is 13.4. The van der Waals surface area contributed by atoms with E-state index in [0.717, 1.165) is 10.8 Å². The highest BCUT2D eigenvalue weighted by molar-refractivity contribution is 6.14. The Balaban J connectivity index is 1.79. The molecule has 8 heteroatoms. The number of rotatable bonds is 5. The fourth-order valence-corrected chi connectivity index (χ4v) is 3.42. The summed E-state index contributed by atoms with van der Waals surface area (Å²) in [5.41, 5.74) is 1.99. The van der Waals surface area contributed by atoms with Gasteiger partial charge in [-0.05, 0) is 44.5 Å². The van der Waals surface area contributed by atoms with Gasteiger partial charge < -0.3 is 10.1 Å². The lowest BCUT2D eigenvalue weighted by Crippen LogP contribution is -2.21. The number of nitrogens with zero attached hydrogens (tertiary/aromatic N) is 3. The Kier molecular flexibility index (Phi) is 5.29. The molecule has 2 heterocycles. The molecule has 0 aliphatic rings. The first kappa shape index (κ1) is 20.3. The van der Waals surface area contributed by atoms with Crippen LogP contribution in [0.25, 0.3) is 16.7 Å². The minimum Gasteiger partial charge on any atom is -0.493 e. The molecule has 0 radical (unpaired) electrons. The summed E-state index contributed by atoms with van der Waals surface area (Å²) in [5.74, 6) is 0.788. The SMILES string of the molecule is CCOc1ccc2ccccc2c1C(=O)Nc1cc(C)nn1-c1nc(C)c(C)c(=O)[nH]1. The topological polar surface area (TPSA) is 102 Å². The minimum absolute atomic E-state index is 0.236. The van der Waals surface area contributed by atoms with E-state index >= 15 is 0 Å². The molecule has 158 valence electrons. The number of hydrogen-bond donors (Lipinski definition) is 2. The van der Waals surface area contributed by atoms with Gasteiger partial charge in [0.15, 0.2) is 0 Å². The van der Waals surface area contributed by atoms with E-state index < -0.39 is 0 Å². The molecule has 8 nitrogen and oxygen atoms in total. The number of hydrogen-bond acceptors (Lipinski definition) is 5. The van der Waals surface area contributed by atoms with Crippen LogP contribution < -0.4 is 15.6 Å². The fraction of sp³-hybridized carbons (Fsp3) is 0.217. The maximum Gasteiger partial charge on any atom is 0.261 e. The van der Waals surface area contributed by atoms with Gasteiger partial charge in [0, 0.05) is 17.3 Å². The van der Waals surface area contributed by atoms with E-state index in [9.17, 15) is 9.59 Å². The first-order valence-electron chi connectivity index (χ1n) is 9.99. The second kappa shape index (κ2) is 8.06. The summed E-state index contributed by atoms with van der Waals surface area (Å²) < 4.78 is 7.15. The number of benzene rings is 2. The van der Waals surface area contributed by atoms with Crippen LogP contribution in [0.3, 0.4) is 0 Å². The van der Waals surface area contributed by atoms with Gasteiger partial charge >= 0.3 is 0 Å². The van der Waals surface area contributed by atoms with Crippen molar-refractivity contribution in [1.29, 1.82) is 0 Å². The normalized spacial score (nSPS) is 11.0. The molecule has 0 unspecified atom stereocenters. The zero-order valence-electron chi connectivity index (χ0n) is 17.8. The van der Waals surface area contributed by atoms with Crippen LogP contribution in [-0.2, 0) is 0 Å². The number of H-pyrrole nitrogens is 1. The van der Waals surface area contributed by atoms with Gasteiger partial charge in [-0.15, -0.1) is 0 Å². The van der Waals surface area contributed by atoms with Gasteiger partial charge in [-0.3, -0.25) is 14.6 Å². The van der Waals surface area contributed by atoms with Crippen LogP contribution in [0.5, 0.6) is 5.75 Å². The van der Waals surface area contributed by atoms with Gasteiger partial charge in [-0.25, -0.2) is 4.98 Å². The number of aromatic amines is 1. The molecule has 4 rings (SSSR count). The van der Waals surface area contributed by atoms with Crippen molar-refractivity contribution in [2.75, 3.05) is 11.9 Å². The second-order valence-corrected chi connectivity index (χ2v) is 7.23. The van der Waals surface area contributed by atoms with E-state index in [1.165, 1.54) is 4.68 Å². The summed E-state index contributed by atoms with van der Waals surface area (Å²) in [6.07, 6.45) is 0. The number of aromatic nitrogens is 4. The lowest BCUT2D eigenvalue weighted by atomic mass is 10.0. The van der Waals surface area contributed by atoms with Gasteiger partial charge in [-0.2, -0.15) is 9.78 Å². The second-order valence-electron chi connectivity index (χ2n) is 7.23. The quantitative estimate of drug-likeness (QED) is 0.516. The van der Waals surface area contributed by atoms with Crippen molar-refractivity contribution >= 4 is 22.5 Å². The third-order valence-electron chi connectivity index (χ3n) is 5.07. The number of amides is 1. The Bertz CT molecular complexity index is 1350. The number of ether oxygens (including phenoxy) is 1. The molecule has 0 saturated carbocycles. The van der Waals surface area contributed by atoms with E-state index in [4.69, 9.17) is 4.74 Å². The smallest absolute Gasteiger partial charge is 0.261 e. The Morgan fingerprint density at radius 2 is 1.94 bits per heavy atom. The van der Waals surface area contributed by atoms with E-state index in [-0.39, 0.29) is 17.4 Å². The zero-order chi connectivity index (χ0) is 22.1. The largest absolute Gasteiger partial charge is 0.493 e. The third kappa shape index (κ3) is 3.79. The Morgan fingerprint density at radius 3 is 2.68 bits per heavy atom. The molecule has 0 aliphatic carbocycles. The van der Waals surface area contributed by atoms with Crippen molar-refractivity contribution in [3.63, 3.8) is 0 Å². The standard InChI is InChI=1S/C23H23N5O3/c1-5-31-18-11-10-16-8-6-7-9-17(16)20(18)22(30)25-19-12-13(2)27-28(19)23-24-15(4)14(3)21(29)26-23/h6-12H,5H2,1-4H3,(H,25,30)(H,24,26,29). The van der Waals surface area contributed by atoms with Crippen molar-refractivity contribution in [2.45, 2.75) is 27.7 Å². The summed E-state index contributed by atoms with van der Waals surface area (Å²) in [7, 11) is 0. The highest BCUT2D eigenvalue weighted by Gasteiger charge is 2.20. The number of carbonyl (C=O) groups is 1. The summed E-state index contributed by atoms with van der Waals surface area (Å²) >= 11 is 0. The van der Waals surface area contributed by atoms with Crippen LogP contribution in [-0.4, -0.2) is 32.3 Å². The number of carbonyl (C=O) groups excluding carboxylic acids is 1. The van der Waals surface area contributed by atoms with Gasteiger partial charge in [0.25, 0.3) is 11.5 Å². The Hall–Kier alpha value is -3.94. The lowest BCUT2D eigenvalue weighted by Gasteiger charge is -2.14. The number of anilines is 1. The molecule has 0 aliphatic heterocycles. The molecule has 0 spiro atoms. The molecular weight excluding hydrogens is 394 g/mol. The van der Waals surface area contributed by atoms with Crippen molar-refractivity contribution in [3.8, 4) is 11.7 Å². The number of aryl methyl sites for hydroxylation is 2. The molecule has 2 aromatic heterocycles. The first-order valence-corrected chi connectivity index (χ1v) is 9.99. The van der Waals surface area contributed by atoms with Gasteiger partial charge in [0.05, 0.1) is 17.9 Å². The van der Waals surface area contributed by atoms with Gasteiger partial charge in [-0.1, -0.05) is 30.3 Å². The Morgan fingerprint density at radius 1 is 1.16 bits per heavy atom. The van der Waals surface area contributed by atoms with E-state index in [1.807, 2.05) is 37.3 Å². The molecule has 0 atom stereocenters. The highest BCUT2D eigenvalue weighted by atomic mass is 16.5. The molecule has 0 saturated heterocycles. The van der Waals surface area contributed by atoms with Crippen LogP contribution in [0.15, 0.2) is 47.3 Å². The van der Waals surface area contributed by atoms with Crippen LogP contribution in [0.4, 0.5) is 5.82 Å². The maximum atomic E-state index is 13.4. The van der Waals surface area contributed by atoms with Crippen LogP contribution in [0.2, 0.25) is 0 Å². The van der Waals surface area contributed by atoms with E-state index in [0.29, 0.717) is 40.7 Å². The van der Waals surface area contributed by atoms with Crippen molar-refractivity contribution in [1.82, 2.24) is 19.7 Å². The highest BCUT2D eigenvalue weighted by Crippen LogP contribution is 2.29. The van der Waals surface area contributed by atoms with Gasteiger partial charge in [0.1, 0.15) is 11.6 Å². The van der Waals surface area contributed by atoms with Crippen molar-refractivity contribution < 1.29 is 9.53 Å². The number of fused-ring (bicyclic) bond motifs is 1. The van der Waals surface area contributed by atoms with Crippen LogP contribution >= 0.6 is 0 Å². The van der Waals surface area contributed by atoms with Gasteiger partial charge in [0.2, 0.25) is 5.95 Å². The molecule has 4 aromatic rings. The molecule has 2 N–H and O–H groups in total.